The van der Waals surface area contributed by atoms with Crippen molar-refractivity contribution in [1.29, 1.82) is 0 Å². The van der Waals surface area contributed by atoms with Crippen LogP contribution in [0.4, 0.5) is 4.79 Å². The highest BCUT2D eigenvalue weighted by atomic mass is 16.2. The average molecular weight is 226 g/mol. The Morgan fingerprint density at radius 3 is 2.44 bits per heavy atom. The van der Waals surface area contributed by atoms with Crippen LogP contribution in [0.25, 0.3) is 0 Å². The minimum atomic E-state index is 0.159. The Morgan fingerprint density at radius 2 is 1.88 bits per heavy atom. The second-order valence-electron chi connectivity index (χ2n) is 4.77. The molecule has 1 rings (SSSR count). The minimum absolute atomic E-state index is 0.159. The fourth-order valence-corrected chi connectivity index (χ4v) is 2.27. The van der Waals surface area contributed by atoms with E-state index in [2.05, 4.69) is 19.2 Å². The Hall–Kier alpha value is -0.730. The highest BCUT2D eigenvalue weighted by Crippen LogP contribution is 2.10. The molecule has 1 N–H and O–H groups in total. The summed E-state index contributed by atoms with van der Waals surface area (Å²) in [6.07, 6.45) is 8.14. The molecular weight excluding hydrogens is 200 g/mol. The van der Waals surface area contributed by atoms with Crippen molar-refractivity contribution in [2.45, 2.75) is 64.8 Å². The maximum atomic E-state index is 11.9. The molecule has 1 heterocycles. The van der Waals surface area contributed by atoms with Gasteiger partial charge in [0, 0.05) is 19.1 Å². The van der Waals surface area contributed by atoms with Crippen molar-refractivity contribution >= 4 is 6.03 Å². The van der Waals surface area contributed by atoms with E-state index in [9.17, 15) is 4.79 Å². The van der Waals surface area contributed by atoms with Gasteiger partial charge in [-0.3, -0.25) is 0 Å². The van der Waals surface area contributed by atoms with Gasteiger partial charge in [0.2, 0.25) is 0 Å². The molecule has 94 valence electrons. The number of nitrogens with zero attached hydrogens (tertiary/aromatic N) is 1. The van der Waals surface area contributed by atoms with E-state index in [1.807, 2.05) is 4.90 Å². The molecule has 1 atom stereocenters. The Morgan fingerprint density at radius 1 is 1.19 bits per heavy atom. The molecule has 0 aliphatic carbocycles. The van der Waals surface area contributed by atoms with Crippen LogP contribution < -0.4 is 5.32 Å². The Bertz CT molecular complexity index is 200. The molecule has 0 radical (unpaired) electrons. The number of nitrogens with one attached hydrogen (secondary N) is 1. The molecule has 0 aromatic carbocycles. The summed E-state index contributed by atoms with van der Waals surface area (Å²) >= 11 is 0. The fourth-order valence-electron chi connectivity index (χ4n) is 2.27. The van der Waals surface area contributed by atoms with Crippen molar-refractivity contribution in [3.63, 3.8) is 0 Å². The largest absolute Gasteiger partial charge is 0.335 e. The first-order valence-electron chi connectivity index (χ1n) is 6.83. The number of carbonyl (C=O) groups is 1. The van der Waals surface area contributed by atoms with Crippen molar-refractivity contribution in [2.75, 3.05) is 13.1 Å². The second-order valence-corrected chi connectivity index (χ2v) is 4.77. The zero-order chi connectivity index (χ0) is 11.8. The van der Waals surface area contributed by atoms with E-state index in [0.29, 0.717) is 6.04 Å². The number of likely N-dealkylation sites (tertiary alicyclic amines) is 1. The first-order chi connectivity index (χ1) is 7.77. The number of carbonyl (C=O) groups excluding carboxylic acids is 1. The SMILES string of the molecule is CCCCC(CCC)NC(=O)N1CCCC1. The number of hydrogen-bond donors (Lipinski definition) is 1. The van der Waals surface area contributed by atoms with E-state index in [1.165, 1.54) is 25.7 Å². The zero-order valence-corrected chi connectivity index (χ0v) is 10.8. The van der Waals surface area contributed by atoms with Gasteiger partial charge in [-0.2, -0.15) is 0 Å². The fraction of sp³-hybridized carbons (Fsp3) is 0.923. The third kappa shape index (κ3) is 4.42. The van der Waals surface area contributed by atoms with Gasteiger partial charge in [0.15, 0.2) is 0 Å². The smallest absolute Gasteiger partial charge is 0.317 e. The predicted octanol–water partition coefficient (Wildman–Crippen LogP) is 3.15. The maximum Gasteiger partial charge on any atom is 0.317 e. The van der Waals surface area contributed by atoms with Crippen molar-refractivity contribution in [1.82, 2.24) is 10.2 Å². The monoisotopic (exact) mass is 226 g/mol. The van der Waals surface area contributed by atoms with Crippen LogP contribution >= 0.6 is 0 Å². The lowest BCUT2D eigenvalue weighted by Crippen LogP contribution is -2.43. The molecule has 0 spiro atoms. The lowest BCUT2D eigenvalue weighted by Gasteiger charge is -2.22. The summed E-state index contributed by atoms with van der Waals surface area (Å²) in [6, 6.07) is 0.546. The summed E-state index contributed by atoms with van der Waals surface area (Å²) in [5.74, 6) is 0. The molecule has 1 unspecified atom stereocenters. The summed E-state index contributed by atoms with van der Waals surface area (Å²) in [7, 11) is 0. The van der Waals surface area contributed by atoms with Crippen molar-refractivity contribution in [2.24, 2.45) is 0 Å². The standard InChI is InChI=1S/C13H26N2O/c1-3-5-9-12(8-4-2)14-13(16)15-10-6-7-11-15/h12H,3-11H2,1-2H3,(H,14,16). The Balaban J connectivity index is 2.30. The lowest BCUT2D eigenvalue weighted by atomic mass is 10.1. The molecule has 16 heavy (non-hydrogen) atoms. The molecule has 2 amide bonds. The molecule has 0 bridgehead atoms. The Labute approximate surface area is 99.6 Å². The molecule has 1 aliphatic heterocycles. The van der Waals surface area contributed by atoms with E-state index in [-0.39, 0.29) is 6.03 Å². The van der Waals surface area contributed by atoms with E-state index < -0.39 is 0 Å². The maximum absolute atomic E-state index is 11.9. The van der Waals surface area contributed by atoms with E-state index in [1.54, 1.807) is 0 Å². The van der Waals surface area contributed by atoms with Crippen LogP contribution in [-0.2, 0) is 0 Å². The van der Waals surface area contributed by atoms with Crippen molar-refractivity contribution < 1.29 is 4.79 Å². The van der Waals surface area contributed by atoms with Gasteiger partial charge in [-0.25, -0.2) is 4.79 Å². The van der Waals surface area contributed by atoms with Crippen LogP contribution in [0, 0.1) is 0 Å². The van der Waals surface area contributed by atoms with Crippen molar-refractivity contribution in [3.05, 3.63) is 0 Å². The second kappa shape index (κ2) is 7.53. The summed E-state index contributed by atoms with van der Waals surface area (Å²) in [5, 5.41) is 3.18. The highest BCUT2D eigenvalue weighted by Gasteiger charge is 2.20. The van der Waals surface area contributed by atoms with Gasteiger partial charge in [0.1, 0.15) is 0 Å². The summed E-state index contributed by atoms with van der Waals surface area (Å²) in [5.41, 5.74) is 0. The average Bonchev–Trinajstić information content (AvgIpc) is 2.79. The molecule has 0 saturated carbocycles. The van der Waals surface area contributed by atoms with E-state index in [4.69, 9.17) is 0 Å². The molecular formula is C13H26N2O. The molecule has 0 aromatic heterocycles. The third-order valence-electron chi connectivity index (χ3n) is 3.26. The number of rotatable bonds is 6. The molecule has 3 nitrogen and oxygen atoms in total. The van der Waals surface area contributed by atoms with Gasteiger partial charge in [0.05, 0.1) is 0 Å². The molecule has 3 heteroatoms. The van der Waals surface area contributed by atoms with Gasteiger partial charge in [-0.1, -0.05) is 33.1 Å². The predicted molar refractivity (Wildman–Crippen MR) is 67.6 cm³/mol. The zero-order valence-electron chi connectivity index (χ0n) is 10.8. The van der Waals surface area contributed by atoms with Crippen LogP contribution in [0.15, 0.2) is 0 Å². The van der Waals surface area contributed by atoms with Crippen LogP contribution in [0.1, 0.15) is 58.8 Å². The minimum Gasteiger partial charge on any atom is -0.335 e. The van der Waals surface area contributed by atoms with Crippen LogP contribution in [0.5, 0.6) is 0 Å². The molecule has 0 aromatic rings. The Kier molecular flexibility index (Phi) is 6.27. The number of amides is 2. The van der Waals surface area contributed by atoms with Gasteiger partial charge in [-0.15, -0.1) is 0 Å². The first-order valence-corrected chi connectivity index (χ1v) is 6.83. The van der Waals surface area contributed by atoms with Crippen LogP contribution in [-0.4, -0.2) is 30.1 Å². The van der Waals surface area contributed by atoms with Gasteiger partial charge >= 0.3 is 6.03 Å². The van der Waals surface area contributed by atoms with Crippen LogP contribution in [0.3, 0.4) is 0 Å². The summed E-state index contributed by atoms with van der Waals surface area (Å²) in [6.45, 7) is 6.27. The topological polar surface area (TPSA) is 32.3 Å². The van der Waals surface area contributed by atoms with E-state index >= 15 is 0 Å². The summed E-state index contributed by atoms with van der Waals surface area (Å²) < 4.78 is 0. The van der Waals surface area contributed by atoms with E-state index in [0.717, 1.165) is 32.4 Å². The molecule has 1 saturated heterocycles. The highest BCUT2D eigenvalue weighted by molar-refractivity contribution is 5.74. The lowest BCUT2D eigenvalue weighted by molar-refractivity contribution is 0.202. The third-order valence-corrected chi connectivity index (χ3v) is 3.26. The quantitative estimate of drug-likeness (QED) is 0.741. The number of unbranched alkanes of at least 4 members (excludes halogenated alkanes) is 1. The molecule has 1 aliphatic rings. The van der Waals surface area contributed by atoms with Gasteiger partial charge in [0.25, 0.3) is 0 Å². The number of urea groups is 1. The van der Waals surface area contributed by atoms with Gasteiger partial charge < -0.3 is 10.2 Å². The molecule has 1 fully saturated rings. The summed E-state index contributed by atoms with van der Waals surface area (Å²) in [4.78, 5) is 13.9. The first kappa shape index (κ1) is 13.3. The number of hydrogen-bond acceptors (Lipinski definition) is 1. The van der Waals surface area contributed by atoms with Gasteiger partial charge in [-0.05, 0) is 25.7 Å². The normalized spacial score (nSPS) is 17.5. The van der Waals surface area contributed by atoms with Crippen molar-refractivity contribution in [3.8, 4) is 0 Å². The van der Waals surface area contributed by atoms with Crippen LogP contribution in [0.2, 0.25) is 0 Å².